The number of hydrogen-bond donors (Lipinski definition) is 1. The van der Waals surface area contributed by atoms with Gasteiger partial charge in [-0.2, -0.15) is 0 Å². The Morgan fingerprint density at radius 2 is 1.83 bits per heavy atom. The summed E-state index contributed by atoms with van der Waals surface area (Å²) in [5.41, 5.74) is 1.93. The Morgan fingerprint density at radius 3 is 2.58 bits per heavy atom. The molecule has 0 saturated carbocycles. The summed E-state index contributed by atoms with van der Waals surface area (Å²) in [6, 6.07) is 19.1. The fourth-order valence-electron chi connectivity index (χ4n) is 3.36. The molecule has 10 heteroatoms. The zero-order valence-corrected chi connectivity index (χ0v) is 21.3. The Balaban J connectivity index is 1.43. The number of hydrogen-bond acceptors (Lipinski definition) is 6. The average molecular weight is 543 g/mol. The van der Waals surface area contributed by atoms with Crippen molar-refractivity contribution in [3.8, 4) is 11.5 Å². The maximum absolute atomic E-state index is 12.8. The summed E-state index contributed by atoms with van der Waals surface area (Å²) in [5.74, 6) is -0.108. The molecule has 36 heavy (non-hydrogen) atoms. The fourth-order valence-corrected chi connectivity index (χ4v) is 4.58. The number of thioether (sulfide) groups is 1. The number of imide groups is 1. The van der Waals surface area contributed by atoms with E-state index in [0.29, 0.717) is 32.8 Å². The number of nitrogens with one attached hydrogen (secondary N) is 1. The highest BCUT2D eigenvalue weighted by Crippen LogP contribution is 2.35. The van der Waals surface area contributed by atoms with Crippen LogP contribution < -0.4 is 14.8 Å². The Morgan fingerprint density at radius 1 is 1.03 bits per heavy atom. The molecular formula is C26H20Cl2N2O5S. The quantitative estimate of drug-likeness (QED) is 0.338. The van der Waals surface area contributed by atoms with E-state index in [1.165, 1.54) is 7.11 Å². The van der Waals surface area contributed by atoms with Crippen LogP contribution in [0.1, 0.15) is 11.1 Å². The van der Waals surface area contributed by atoms with E-state index in [9.17, 15) is 14.4 Å². The van der Waals surface area contributed by atoms with Gasteiger partial charge in [-0.05, 0) is 59.8 Å². The number of nitrogens with zero attached hydrogens (tertiary/aromatic N) is 1. The van der Waals surface area contributed by atoms with E-state index in [0.717, 1.165) is 22.2 Å². The summed E-state index contributed by atoms with van der Waals surface area (Å²) in [6.07, 6.45) is 1.57. The van der Waals surface area contributed by atoms with Gasteiger partial charge in [0, 0.05) is 21.3 Å². The normalized spacial score (nSPS) is 14.3. The Bertz CT molecular complexity index is 1360. The second-order valence-electron chi connectivity index (χ2n) is 7.62. The van der Waals surface area contributed by atoms with E-state index in [-0.39, 0.29) is 11.5 Å². The number of methoxy groups -OCH3 is 1. The number of halogens is 2. The van der Waals surface area contributed by atoms with E-state index in [4.69, 9.17) is 32.7 Å². The average Bonchev–Trinajstić information content (AvgIpc) is 3.11. The van der Waals surface area contributed by atoms with Gasteiger partial charge in [0.2, 0.25) is 5.91 Å². The minimum absolute atomic E-state index is 0.197. The van der Waals surface area contributed by atoms with Crippen LogP contribution in [0.15, 0.2) is 71.6 Å². The topological polar surface area (TPSA) is 84.9 Å². The van der Waals surface area contributed by atoms with Crippen molar-refractivity contribution in [2.45, 2.75) is 6.61 Å². The number of carbonyl (C=O) groups excluding carboxylic acids is 3. The molecule has 184 valence electrons. The summed E-state index contributed by atoms with van der Waals surface area (Å²) in [4.78, 5) is 38.7. The number of amides is 3. The summed E-state index contributed by atoms with van der Waals surface area (Å²) >= 11 is 12.9. The van der Waals surface area contributed by atoms with Crippen molar-refractivity contribution in [3.05, 3.63) is 92.8 Å². The molecule has 3 aromatic carbocycles. The molecule has 1 fully saturated rings. The maximum atomic E-state index is 12.8. The lowest BCUT2D eigenvalue weighted by molar-refractivity contribution is -0.127. The lowest BCUT2D eigenvalue weighted by atomic mass is 10.1. The first-order chi connectivity index (χ1) is 17.3. The predicted molar refractivity (Wildman–Crippen MR) is 142 cm³/mol. The largest absolute Gasteiger partial charge is 0.493 e. The number of anilines is 1. The molecule has 3 aromatic rings. The highest BCUT2D eigenvalue weighted by atomic mass is 35.5. The number of ether oxygens (including phenoxy) is 2. The molecule has 1 N–H and O–H groups in total. The monoisotopic (exact) mass is 542 g/mol. The molecule has 1 saturated heterocycles. The van der Waals surface area contributed by atoms with E-state index < -0.39 is 23.6 Å². The lowest BCUT2D eigenvalue weighted by Crippen LogP contribution is -2.36. The van der Waals surface area contributed by atoms with E-state index >= 15 is 0 Å². The highest BCUT2D eigenvalue weighted by Gasteiger charge is 2.36. The maximum Gasteiger partial charge on any atom is 0.294 e. The SMILES string of the molecule is COc1cc(/C=C2/SC(=O)N(CC(=O)Nc3cccc(Cl)c3)C2=O)ccc1OCc1ccccc1Cl. The molecule has 0 aliphatic carbocycles. The fraction of sp³-hybridized carbons (Fsp3) is 0.115. The van der Waals surface area contributed by atoms with Gasteiger partial charge < -0.3 is 14.8 Å². The third kappa shape index (κ3) is 6.20. The van der Waals surface area contributed by atoms with Gasteiger partial charge in [-0.25, -0.2) is 0 Å². The van der Waals surface area contributed by atoms with Gasteiger partial charge in [-0.3, -0.25) is 19.3 Å². The molecule has 1 aliphatic rings. The molecule has 7 nitrogen and oxygen atoms in total. The molecule has 3 amide bonds. The van der Waals surface area contributed by atoms with Gasteiger partial charge in [0.1, 0.15) is 13.2 Å². The zero-order chi connectivity index (χ0) is 25.7. The van der Waals surface area contributed by atoms with Crippen LogP contribution in [0.3, 0.4) is 0 Å². The van der Waals surface area contributed by atoms with Crippen LogP contribution in [0.5, 0.6) is 11.5 Å². The number of benzene rings is 3. The predicted octanol–water partition coefficient (Wildman–Crippen LogP) is 6.26. The first kappa shape index (κ1) is 25.6. The van der Waals surface area contributed by atoms with Crippen molar-refractivity contribution < 1.29 is 23.9 Å². The Kier molecular flexibility index (Phi) is 8.20. The second kappa shape index (κ2) is 11.5. The molecule has 0 atom stereocenters. The highest BCUT2D eigenvalue weighted by molar-refractivity contribution is 8.18. The van der Waals surface area contributed by atoms with Crippen LogP contribution in [0.4, 0.5) is 10.5 Å². The van der Waals surface area contributed by atoms with Crippen molar-refractivity contribution in [3.63, 3.8) is 0 Å². The first-order valence-electron chi connectivity index (χ1n) is 10.7. The van der Waals surface area contributed by atoms with Crippen LogP contribution in [0, 0.1) is 0 Å². The van der Waals surface area contributed by atoms with Crippen molar-refractivity contribution in [2.75, 3.05) is 19.0 Å². The molecule has 4 rings (SSSR count). The van der Waals surface area contributed by atoms with E-state index in [1.54, 1.807) is 54.6 Å². The summed E-state index contributed by atoms with van der Waals surface area (Å²) in [6.45, 7) is -0.155. The van der Waals surface area contributed by atoms with Crippen molar-refractivity contribution in [2.24, 2.45) is 0 Å². The smallest absolute Gasteiger partial charge is 0.294 e. The summed E-state index contributed by atoms with van der Waals surface area (Å²) < 4.78 is 11.3. The van der Waals surface area contributed by atoms with Crippen LogP contribution in [-0.2, 0) is 16.2 Å². The van der Waals surface area contributed by atoms with Crippen LogP contribution >= 0.6 is 35.0 Å². The molecule has 0 aromatic heterocycles. The van der Waals surface area contributed by atoms with Gasteiger partial charge >= 0.3 is 0 Å². The van der Waals surface area contributed by atoms with Crippen LogP contribution in [0.25, 0.3) is 6.08 Å². The zero-order valence-electron chi connectivity index (χ0n) is 19.0. The first-order valence-corrected chi connectivity index (χ1v) is 12.3. The summed E-state index contributed by atoms with van der Waals surface area (Å²) in [5, 5.41) is 3.16. The Hall–Kier alpha value is -3.46. The van der Waals surface area contributed by atoms with E-state index in [1.807, 2.05) is 18.2 Å². The van der Waals surface area contributed by atoms with Crippen molar-refractivity contribution in [1.29, 1.82) is 0 Å². The van der Waals surface area contributed by atoms with E-state index in [2.05, 4.69) is 5.32 Å². The molecule has 0 spiro atoms. The van der Waals surface area contributed by atoms with Crippen LogP contribution in [-0.4, -0.2) is 35.6 Å². The third-order valence-corrected chi connectivity index (χ3v) is 6.62. The summed E-state index contributed by atoms with van der Waals surface area (Å²) in [7, 11) is 1.51. The molecule has 0 bridgehead atoms. The molecule has 1 heterocycles. The van der Waals surface area contributed by atoms with Crippen molar-refractivity contribution in [1.82, 2.24) is 4.90 Å². The minimum Gasteiger partial charge on any atom is -0.493 e. The standard InChI is InChI=1S/C26H20Cl2N2O5S/c1-34-22-11-16(9-10-21(22)35-15-17-5-2-3-8-20(17)28)12-23-25(32)30(26(33)36-23)14-24(31)29-19-7-4-6-18(27)13-19/h2-13H,14-15H2,1H3,(H,29,31)/b23-12+. The van der Waals surface area contributed by atoms with Gasteiger partial charge in [-0.1, -0.05) is 53.5 Å². The molecule has 1 aliphatic heterocycles. The van der Waals surface area contributed by atoms with Gasteiger partial charge in [0.25, 0.3) is 11.1 Å². The molecule has 0 unspecified atom stereocenters. The number of rotatable bonds is 8. The van der Waals surface area contributed by atoms with Gasteiger partial charge in [-0.15, -0.1) is 0 Å². The molecule has 0 radical (unpaired) electrons. The minimum atomic E-state index is -0.552. The van der Waals surface area contributed by atoms with Crippen molar-refractivity contribution >= 4 is 63.8 Å². The molecular weight excluding hydrogens is 523 g/mol. The third-order valence-electron chi connectivity index (χ3n) is 5.11. The number of carbonyl (C=O) groups is 3. The van der Waals surface area contributed by atoms with Gasteiger partial charge in [0.15, 0.2) is 11.5 Å². The second-order valence-corrected chi connectivity index (χ2v) is 9.45. The lowest BCUT2D eigenvalue weighted by Gasteiger charge is -2.13. The van der Waals surface area contributed by atoms with Gasteiger partial charge in [0.05, 0.1) is 12.0 Å². The van der Waals surface area contributed by atoms with Crippen LogP contribution in [0.2, 0.25) is 10.0 Å². The Labute approximate surface area is 222 Å².